The lowest BCUT2D eigenvalue weighted by Crippen LogP contribution is -2.30. The smallest absolute Gasteiger partial charge is 0.342 e. The molecule has 0 aromatic heterocycles. The van der Waals surface area contributed by atoms with Crippen LogP contribution in [0.5, 0.6) is 5.75 Å². The zero-order valence-electron chi connectivity index (χ0n) is 12.0. The number of phenols is 1. The molecule has 2 N–H and O–H groups in total. The Bertz CT molecular complexity index is 749. The molecule has 0 heterocycles. The Kier molecular flexibility index (Phi) is 5.47. The number of rotatable bonds is 4. The van der Waals surface area contributed by atoms with Crippen LogP contribution >= 0.6 is 23.2 Å². The fraction of sp³-hybridized carbons (Fsp3) is 0.125. The summed E-state index contributed by atoms with van der Waals surface area (Å²) in [5.74, 6) is -1.57. The van der Waals surface area contributed by atoms with E-state index in [0.717, 1.165) is 0 Å². The highest BCUT2D eigenvalue weighted by Crippen LogP contribution is 2.25. The van der Waals surface area contributed by atoms with E-state index in [1.165, 1.54) is 25.1 Å². The summed E-state index contributed by atoms with van der Waals surface area (Å²) in [6, 6.07) is 10.5. The third-order valence-electron chi connectivity index (χ3n) is 2.97. The van der Waals surface area contributed by atoms with Crippen LogP contribution in [-0.4, -0.2) is 23.1 Å². The molecule has 0 aliphatic carbocycles. The van der Waals surface area contributed by atoms with E-state index in [9.17, 15) is 14.7 Å². The van der Waals surface area contributed by atoms with Gasteiger partial charge in [0, 0.05) is 5.02 Å². The molecule has 0 aliphatic rings. The maximum absolute atomic E-state index is 12.1. The summed E-state index contributed by atoms with van der Waals surface area (Å²) in [6.07, 6.45) is -1.08. The van der Waals surface area contributed by atoms with Crippen molar-refractivity contribution < 1.29 is 19.4 Å². The van der Waals surface area contributed by atoms with Gasteiger partial charge in [-0.3, -0.25) is 4.79 Å². The maximum atomic E-state index is 12.1. The van der Waals surface area contributed by atoms with Gasteiger partial charge < -0.3 is 15.2 Å². The van der Waals surface area contributed by atoms with E-state index in [-0.39, 0.29) is 16.3 Å². The zero-order chi connectivity index (χ0) is 17.0. The Hall–Kier alpha value is -2.24. The molecule has 0 fully saturated rings. The van der Waals surface area contributed by atoms with Gasteiger partial charge in [-0.1, -0.05) is 35.3 Å². The van der Waals surface area contributed by atoms with Gasteiger partial charge in [0.1, 0.15) is 11.3 Å². The molecular formula is C16H13Cl2NO4. The van der Waals surface area contributed by atoms with Gasteiger partial charge in [-0.25, -0.2) is 4.79 Å². The summed E-state index contributed by atoms with van der Waals surface area (Å²) in [5, 5.41) is 12.8. The molecule has 5 nitrogen and oxygen atoms in total. The highest BCUT2D eigenvalue weighted by atomic mass is 35.5. The molecule has 2 rings (SSSR count). The molecule has 0 bridgehead atoms. The lowest BCUT2D eigenvalue weighted by Gasteiger charge is -2.14. The highest BCUT2D eigenvalue weighted by Gasteiger charge is 2.21. The Morgan fingerprint density at radius 1 is 1.17 bits per heavy atom. The number of phenolic OH excluding ortho intramolecular Hbond substituents is 1. The first-order valence-corrected chi connectivity index (χ1v) is 7.39. The molecule has 0 radical (unpaired) electrons. The molecule has 1 amide bonds. The molecule has 120 valence electrons. The van der Waals surface area contributed by atoms with Crippen molar-refractivity contribution in [1.82, 2.24) is 0 Å². The lowest BCUT2D eigenvalue weighted by atomic mass is 10.2. The number of anilines is 1. The van der Waals surface area contributed by atoms with E-state index >= 15 is 0 Å². The molecule has 0 spiro atoms. The average molecular weight is 354 g/mol. The van der Waals surface area contributed by atoms with Crippen LogP contribution in [0.15, 0.2) is 42.5 Å². The number of aromatic hydroxyl groups is 1. The van der Waals surface area contributed by atoms with Gasteiger partial charge >= 0.3 is 5.97 Å². The fourth-order valence-corrected chi connectivity index (χ4v) is 2.20. The number of hydrogen-bond donors (Lipinski definition) is 2. The lowest BCUT2D eigenvalue weighted by molar-refractivity contribution is -0.123. The topological polar surface area (TPSA) is 75.6 Å². The van der Waals surface area contributed by atoms with E-state index < -0.39 is 18.0 Å². The van der Waals surface area contributed by atoms with Crippen LogP contribution in [0.4, 0.5) is 5.69 Å². The molecule has 7 heteroatoms. The number of hydrogen-bond acceptors (Lipinski definition) is 4. The second-order valence-electron chi connectivity index (χ2n) is 4.68. The summed E-state index contributed by atoms with van der Waals surface area (Å²) in [5.41, 5.74) is 0.336. The predicted octanol–water partition coefficient (Wildman–Crippen LogP) is 3.88. The second kappa shape index (κ2) is 7.35. The maximum Gasteiger partial charge on any atom is 0.342 e. The van der Waals surface area contributed by atoms with E-state index in [1.54, 1.807) is 24.3 Å². The van der Waals surface area contributed by atoms with Crippen LogP contribution in [0.1, 0.15) is 17.3 Å². The first-order chi connectivity index (χ1) is 10.9. The summed E-state index contributed by atoms with van der Waals surface area (Å²) in [7, 11) is 0. The van der Waals surface area contributed by atoms with Crippen molar-refractivity contribution in [1.29, 1.82) is 0 Å². The number of esters is 1. The van der Waals surface area contributed by atoms with Crippen LogP contribution in [0, 0.1) is 0 Å². The number of nitrogens with one attached hydrogen (secondary N) is 1. The number of carbonyl (C=O) groups excluding carboxylic acids is 2. The molecule has 0 saturated heterocycles. The molecule has 0 aliphatic heterocycles. The standard InChI is InChI=1S/C16H13Cl2NO4/c1-9(23-16(22)11-4-2-3-5-14(11)20)15(21)19-13-7-6-10(17)8-12(13)18/h2-9,20H,1H3,(H,19,21)/t9-/m1/s1. The highest BCUT2D eigenvalue weighted by molar-refractivity contribution is 6.36. The number of halogens is 2. The van der Waals surface area contributed by atoms with E-state index in [4.69, 9.17) is 27.9 Å². The molecule has 2 aromatic carbocycles. The van der Waals surface area contributed by atoms with Crippen molar-refractivity contribution in [3.8, 4) is 5.75 Å². The number of ether oxygens (including phenoxy) is 1. The summed E-state index contributed by atoms with van der Waals surface area (Å²) in [6.45, 7) is 1.41. The van der Waals surface area contributed by atoms with Gasteiger partial charge in [0.25, 0.3) is 5.91 Å². The van der Waals surface area contributed by atoms with Crippen LogP contribution in [0.25, 0.3) is 0 Å². The number of amides is 1. The monoisotopic (exact) mass is 353 g/mol. The third kappa shape index (κ3) is 4.37. The second-order valence-corrected chi connectivity index (χ2v) is 5.52. The average Bonchev–Trinajstić information content (AvgIpc) is 2.50. The van der Waals surface area contributed by atoms with Crippen LogP contribution in [-0.2, 0) is 9.53 Å². The first kappa shape index (κ1) is 17.1. The normalized spacial score (nSPS) is 11.6. The zero-order valence-corrected chi connectivity index (χ0v) is 13.6. The van der Waals surface area contributed by atoms with E-state index in [0.29, 0.717) is 10.7 Å². The Morgan fingerprint density at radius 2 is 1.87 bits per heavy atom. The summed E-state index contributed by atoms with van der Waals surface area (Å²) < 4.78 is 5.03. The van der Waals surface area contributed by atoms with Crippen molar-refractivity contribution >= 4 is 40.8 Å². The number of para-hydroxylation sites is 1. The van der Waals surface area contributed by atoms with Gasteiger partial charge in [0.05, 0.1) is 10.7 Å². The van der Waals surface area contributed by atoms with Crippen molar-refractivity contribution in [3.63, 3.8) is 0 Å². The first-order valence-electron chi connectivity index (χ1n) is 6.63. The predicted molar refractivity (Wildman–Crippen MR) is 88.1 cm³/mol. The van der Waals surface area contributed by atoms with Crippen LogP contribution in [0.3, 0.4) is 0 Å². The minimum absolute atomic E-state index is 0.0170. The van der Waals surface area contributed by atoms with Gasteiger partial charge in [0.2, 0.25) is 0 Å². The Balaban J connectivity index is 2.03. The molecular weight excluding hydrogens is 341 g/mol. The van der Waals surface area contributed by atoms with Crippen LogP contribution < -0.4 is 5.32 Å². The largest absolute Gasteiger partial charge is 0.507 e. The minimum Gasteiger partial charge on any atom is -0.507 e. The van der Waals surface area contributed by atoms with Gasteiger partial charge in [-0.15, -0.1) is 0 Å². The Morgan fingerprint density at radius 3 is 2.52 bits per heavy atom. The van der Waals surface area contributed by atoms with E-state index in [1.807, 2.05) is 0 Å². The summed E-state index contributed by atoms with van der Waals surface area (Å²) in [4.78, 5) is 24.0. The van der Waals surface area contributed by atoms with Crippen molar-refractivity contribution in [2.75, 3.05) is 5.32 Å². The SMILES string of the molecule is C[C@@H](OC(=O)c1ccccc1O)C(=O)Nc1ccc(Cl)cc1Cl. The molecule has 2 aromatic rings. The third-order valence-corrected chi connectivity index (χ3v) is 3.51. The minimum atomic E-state index is -1.08. The number of benzene rings is 2. The van der Waals surface area contributed by atoms with Gasteiger partial charge in [0.15, 0.2) is 6.10 Å². The Labute approximate surface area is 142 Å². The van der Waals surface area contributed by atoms with E-state index in [2.05, 4.69) is 5.32 Å². The van der Waals surface area contributed by atoms with Gasteiger partial charge in [-0.2, -0.15) is 0 Å². The molecule has 0 unspecified atom stereocenters. The molecule has 0 saturated carbocycles. The van der Waals surface area contributed by atoms with Gasteiger partial charge in [-0.05, 0) is 37.3 Å². The number of carbonyl (C=O) groups is 2. The van der Waals surface area contributed by atoms with Crippen molar-refractivity contribution in [3.05, 3.63) is 58.1 Å². The van der Waals surface area contributed by atoms with Crippen molar-refractivity contribution in [2.45, 2.75) is 13.0 Å². The molecule has 23 heavy (non-hydrogen) atoms. The summed E-state index contributed by atoms with van der Waals surface area (Å²) >= 11 is 11.7. The fourth-order valence-electron chi connectivity index (χ4n) is 1.75. The quantitative estimate of drug-likeness (QED) is 0.817. The van der Waals surface area contributed by atoms with Crippen molar-refractivity contribution in [2.24, 2.45) is 0 Å². The van der Waals surface area contributed by atoms with Crippen LogP contribution in [0.2, 0.25) is 10.0 Å². The molecule has 1 atom stereocenters.